The highest BCUT2D eigenvalue weighted by Gasteiger charge is 2.09. The van der Waals surface area contributed by atoms with Gasteiger partial charge in [0.15, 0.2) is 11.6 Å². The average Bonchev–Trinajstić information content (AvgIpc) is 2.16. The van der Waals surface area contributed by atoms with Crippen molar-refractivity contribution in [3.05, 3.63) is 17.8 Å². The van der Waals surface area contributed by atoms with Gasteiger partial charge < -0.3 is 5.32 Å². The van der Waals surface area contributed by atoms with Crippen LogP contribution in [0.5, 0.6) is 0 Å². The Morgan fingerprint density at radius 2 is 2.29 bits per heavy atom. The molecule has 1 aromatic rings. The zero-order valence-electron chi connectivity index (χ0n) is 8.22. The standard InChI is InChI=1S/C9H13ClFN3/c1-3-7-8(11)9(14-5-13-7)12-4-6(2)10/h5-6H,3-4H2,1-2H3,(H,12,13,14). The molecule has 14 heavy (non-hydrogen) atoms. The van der Waals surface area contributed by atoms with Gasteiger partial charge in [0.2, 0.25) is 0 Å². The molecular weight excluding hydrogens is 205 g/mol. The van der Waals surface area contributed by atoms with E-state index in [1.54, 1.807) is 0 Å². The minimum atomic E-state index is -0.382. The van der Waals surface area contributed by atoms with Crippen LogP contribution in [0.2, 0.25) is 0 Å². The summed E-state index contributed by atoms with van der Waals surface area (Å²) in [6.45, 7) is 4.16. The lowest BCUT2D eigenvalue weighted by Crippen LogP contribution is -2.13. The highest BCUT2D eigenvalue weighted by Crippen LogP contribution is 2.13. The first-order valence-corrected chi connectivity index (χ1v) is 4.96. The number of rotatable bonds is 4. The normalized spacial score (nSPS) is 12.6. The van der Waals surface area contributed by atoms with E-state index in [0.717, 1.165) is 0 Å². The van der Waals surface area contributed by atoms with Crippen LogP contribution in [0.4, 0.5) is 10.2 Å². The largest absolute Gasteiger partial charge is 0.366 e. The van der Waals surface area contributed by atoms with Crippen molar-refractivity contribution in [3.8, 4) is 0 Å². The lowest BCUT2D eigenvalue weighted by Gasteiger charge is -2.08. The Morgan fingerprint density at radius 1 is 1.57 bits per heavy atom. The Labute approximate surface area is 87.7 Å². The molecule has 1 atom stereocenters. The molecule has 5 heteroatoms. The Balaban J connectivity index is 2.76. The van der Waals surface area contributed by atoms with Crippen LogP contribution in [-0.2, 0) is 6.42 Å². The predicted octanol–water partition coefficient (Wildman–Crippen LogP) is 2.22. The SMILES string of the molecule is CCc1ncnc(NCC(C)Cl)c1F. The molecule has 0 aliphatic heterocycles. The van der Waals surface area contributed by atoms with Crippen molar-refractivity contribution >= 4 is 17.4 Å². The molecule has 0 spiro atoms. The van der Waals surface area contributed by atoms with Gasteiger partial charge in [-0.15, -0.1) is 11.6 Å². The molecule has 1 heterocycles. The number of nitrogens with zero attached hydrogens (tertiary/aromatic N) is 2. The first-order chi connectivity index (χ1) is 6.65. The second-order valence-corrected chi connectivity index (χ2v) is 3.74. The van der Waals surface area contributed by atoms with Crippen molar-refractivity contribution in [2.45, 2.75) is 25.6 Å². The van der Waals surface area contributed by atoms with Gasteiger partial charge in [-0.2, -0.15) is 0 Å². The van der Waals surface area contributed by atoms with Crippen LogP contribution in [0.3, 0.4) is 0 Å². The van der Waals surface area contributed by atoms with Crippen molar-refractivity contribution in [1.29, 1.82) is 0 Å². The van der Waals surface area contributed by atoms with Gasteiger partial charge in [-0.05, 0) is 13.3 Å². The van der Waals surface area contributed by atoms with Gasteiger partial charge in [0.25, 0.3) is 0 Å². The second-order valence-electron chi connectivity index (χ2n) is 3.00. The van der Waals surface area contributed by atoms with Gasteiger partial charge in [-0.1, -0.05) is 6.92 Å². The van der Waals surface area contributed by atoms with E-state index >= 15 is 0 Å². The topological polar surface area (TPSA) is 37.8 Å². The maximum absolute atomic E-state index is 13.5. The number of hydrogen-bond acceptors (Lipinski definition) is 3. The van der Waals surface area contributed by atoms with Crippen LogP contribution in [0.15, 0.2) is 6.33 Å². The van der Waals surface area contributed by atoms with E-state index in [9.17, 15) is 4.39 Å². The quantitative estimate of drug-likeness (QED) is 0.786. The molecule has 0 radical (unpaired) electrons. The number of alkyl halides is 1. The zero-order chi connectivity index (χ0) is 10.6. The minimum absolute atomic E-state index is 0.0607. The molecule has 0 amide bonds. The number of aryl methyl sites for hydroxylation is 1. The van der Waals surface area contributed by atoms with Gasteiger partial charge in [0, 0.05) is 11.9 Å². The Bertz CT molecular complexity index is 304. The van der Waals surface area contributed by atoms with Gasteiger partial charge in [0.05, 0.1) is 5.69 Å². The number of hydrogen-bond donors (Lipinski definition) is 1. The lowest BCUT2D eigenvalue weighted by atomic mass is 10.3. The molecular formula is C9H13ClFN3. The molecule has 1 aromatic heterocycles. The third-order valence-electron chi connectivity index (χ3n) is 1.75. The van der Waals surface area contributed by atoms with E-state index in [1.807, 2.05) is 13.8 Å². The van der Waals surface area contributed by atoms with Gasteiger partial charge in [0.1, 0.15) is 6.33 Å². The average molecular weight is 218 g/mol. The third-order valence-corrected chi connectivity index (χ3v) is 1.90. The van der Waals surface area contributed by atoms with Gasteiger partial charge in [-0.25, -0.2) is 14.4 Å². The maximum atomic E-state index is 13.5. The fourth-order valence-electron chi connectivity index (χ4n) is 1.01. The molecule has 1 N–H and O–H groups in total. The molecule has 0 bridgehead atoms. The number of anilines is 1. The summed E-state index contributed by atoms with van der Waals surface area (Å²) >= 11 is 5.73. The van der Waals surface area contributed by atoms with Gasteiger partial charge in [-0.3, -0.25) is 0 Å². The third kappa shape index (κ3) is 2.80. The van der Waals surface area contributed by atoms with E-state index in [2.05, 4.69) is 15.3 Å². The van der Waals surface area contributed by atoms with Crippen LogP contribution in [0.25, 0.3) is 0 Å². The van der Waals surface area contributed by atoms with Crippen LogP contribution >= 0.6 is 11.6 Å². The summed E-state index contributed by atoms with van der Waals surface area (Å²) in [6.07, 6.45) is 1.91. The molecule has 0 saturated carbocycles. The molecule has 0 fully saturated rings. The fraction of sp³-hybridized carbons (Fsp3) is 0.556. The summed E-state index contributed by atoms with van der Waals surface area (Å²) in [5.41, 5.74) is 0.421. The summed E-state index contributed by atoms with van der Waals surface area (Å²) in [4.78, 5) is 7.63. The first-order valence-electron chi connectivity index (χ1n) is 4.52. The van der Waals surface area contributed by atoms with E-state index in [4.69, 9.17) is 11.6 Å². The summed E-state index contributed by atoms with van der Waals surface area (Å²) in [6, 6.07) is 0. The van der Waals surface area contributed by atoms with Crippen LogP contribution in [0.1, 0.15) is 19.5 Å². The Kier molecular flexibility index (Phi) is 4.07. The highest BCUT2D eigenvalue weighted by molar-refractivity contribution is 6.20. The zero-order valence-corrected chi connectivity index (χ0v) is 8.98. The summed E-state index contributed by atoms with van der Waals surface area (Å²) < 4.78 is 13.5. The summed E-state index contributed by atoms with van der Waals surface area (Å²) in [5, 5.41) is 2.77. The first kappa shape index (κ1) is 11.2. The van der Waals surface area contributed by atoms with Crippen molar-refractivity contribution in [2.75, 3.05) is 11.9 Å². The van der Waals surface area contributed by atoms with Gasteiger partial charge >= 0.3 is 0 Å². The lowest BCUT2D eigenvalue weighted by molar-refractivity contribution is 0.596. The minimum Gasteiger partial charge on any atom is -0.366 e. The Morgan fingerprint density at radius 3 is 2.86 bits per heavy atom. The molecule has 1 unspecified atom stereocenters. The van der Waals surface area contributed by atoms with E-state index in [0.29, 0.717) is 18.7 Å². The smallest absolute Gasteiger partial charge is 0.186 e. The molecule has 0 aliphatic carbocycles. The fourth-order valence-corrected chi connectivity index (χ4v) is 1.09. The van der Waals surface area contributed by atoms with E-state index in [-0.39, 0.29) is 17.0 Å². The number of aromatic nitrogens is 2. The second kappa shape index (κ2) is 5.10. The molecule has 1 rings (SSSR count). The van der Waals surface area contributed by atoms with Crippen molar-refractivity contribution in [1.82, 2.24) is 9.97 Å². The van der Waals surface area contributed by atoms with E-state index < -0.39 is 0 Å². The van der Waals surface area contributed by atoms with Crippen molar-refractivity contribution in [3.63, 3.8) is 0 Å². The number of halogens is 2. The molecule has 0 saturated heterocycles. The van der Waals surface area contributed by atoms with Crippen molar-refractivity contribution < 1.29 is 4.39 Å². The highest BCUT2D eigenvalue weighted by atomic mass is 35.5. The Hall–Kier alpha value is -0.900. The van der Waals surface area contributed by atoms with Crippen molar-refractivity contribution in [2.24, 2.45) is 0 Å². The van der Waals surface area contributed by atoms with Crippen LogP contribution in [-0.4, -0.2) is 21.9 Å². The van der Waals surface area contributed by atoms with Crippen LogP contribution < -0.4 is 5.32 Å². The molecule has 3 nitrogen and oxygen atoms in total. The monoisotopic (exact) mass is 217 g/mol. The van der Waals surface area contributed by atoms with E-state index in [1.165, 1.54) is 6.33 Å². The molecule has 0 aliphatic rings. The summed E-state index contributed by atoms with van der Waals surface area (Å²) in [5.74, 6) is -0.156. The molecule has 0 aromatic carbocycles. The maximum Gasteiger partial charge on any atom is 0.186 e. The molecule has 78 valence electrons. The van der Waals surface area contributed by atoms with Crippen LogP contribution in [0, 0.1) is 5.82 Å². The summed E-state index contributed by atoms with van der Waals surface area (Å²) in [7, 11) is 0. The number of nitrogens with one attached hydrogen (secondary N) is 1. The predicted molar refractivity (Wildman–Crippen MR) is 55.2 cm³/mol.